The predicted molar refractivity (Wildman–Crippen MR) is 69.6 cm³/mol. The molecule has 1 fully saturated rings. The summed E-state index contributed by atoms with van der Waals surface area (Å²) in [5.74, 6) is 1.42. The standard InChI is InChI=1S/C15H26O2/c1-11-5-4-7-14(2)8-6-12(9-13(11)14)15(3,17)10-16/h6,11,13,16-17H,4-5,7-10H2,1-3H3. The van der Waals surface area contributed by atoms with E-state index < -0.39 is 5.60 Å². The van der Waals surface area contributed by atoms with E-state index in [1.165, 1.54) is 19.3 Å². The largest absolute Gasteiger partial charge is 0.393 e. The first-order valence-electron chi connectivity index (χ1n) is 6.92. The molecule has 2 aliphatic rings. The predicted octanol–water partition coefficient (Wildman–Crippen LogP) is 2.89. The van der Waals surface area contributed by atoms with E-state index >= 15 is 0 Å². The van der Waals surface area contributed by atoms with Gasteiger partial charge in [-0.25, -0.2) is 0 Å². The fraction of sp³-hybridized carbons (Fsp3) is 0.867. The van der Waals surface area contributed by atoms with Crippen LogP contribution in [0.1, 0.15) is 52.9 Å². The van der Waals surface area contributed by atoms with Gasteiger partial charge >= 0.3 is 0 Å². The number of aliphatic hydroxyl groups is 2. The highest BCUT2D eigenvalue weighted by atomic mass is 16.3. The van der Waals surface area contributed by atoms with Gasteiger partial charge in [0.05, 0.1) is 6.61 Å². The molecule has 0 aromatic rings. The van der Waals surface area contributed by atoms with Crippen molar-refractivity contribution < 1.29 is 10.2 Å². The van der Waals surface area contributed by atoms with Gasteiger partial charge in [0.2, 0.25) is 0 Å². The number of fused-ring (bicyclic) bond motifs is 1. The molecule has 2 heteroatoms. The van der Waals surface area contributed by atoms with Crippen molar-refractivity contribution in [1.29, 1.82) is 0 Å². The zero-order valence-corrected chi connectivity index (χ0v) is 11.4. The van der Waals surface area contributed by atoms with Gasteiger partial charge in [-0.2, -0.15) is 0 Å². The van der Waals surface area contributed by atoms with Crippen molar-refractivity contribution in [2.75, 3.05) is 6.61 Å². The first-order chi connectivity index (χ1) is 7.89. The van der Waals surface area contributed by atoms with Gasteiger partial charge in [0.25, 0.3) is 0 Å². The maximum atomic E-state index is 10.2. The fourth-order valence-corrected chi connectivity index (χ4v) is 3.82. The highest BCUT2D eigenvalue weighted by Crippen LogP contribution is 2.53. The van der Waals surface area contributed by atoms with E-state index in [1.807, 2.05) is 0 Å². The Bertz CT molecular complexity index is 319. The lowest BCUT2D eigenvalue weighted by atomic mass is 9.56. The normalized spacial score (nSPS) is 41.4. The molecular formula is C15H26O2. The Kier molecular flexibility index (Phi) is 3.39. The number of hydrogen-bond acceptors (Lipinski definition) is 2. The minimum Gasteiger partial charge on any atom is -0.393 e. The first-order valence-corrected chi connectivity index (χ1v) is 6.92. The van der Waals surface area contributed by atoms with Crippen LogP contribution < -0.4 is 0 Å². The topological polar surface area (TPSA) is 40.5 Å². The van der Waals surface area contributed by atoms with Crippen LogP contribution in [0.5, 0.6) is 0 Å². The summed E-state index contributed by atoms with van der Waals surface area (Å²) < 4.78 is 0. The molecule has 2 rings (SSSR count). The van der Waals surface area contributed by atoms with Crippen LogP contribution >= 0.6 is 0 Å². The molecule has 0 bridgehead atoms. The lowest BCUT2D eigenvalue weighted by Gasteiger charge is -2.49. The molecule has 0 aliphatic heterocycles. The van der Waals surface area contributed by atoms with Crippen LogP contribution in [0.15, 0.2) is 11.6 Å². The molecule has 2 aliphatic carbocycles. The van der Waals surface area contributed by atoms with Gasteiger partial charge in [0.15, 0.2) is 0 Å². The summed E-state index contributed by atoms with van der Waals surface area (Å²) in [6, 6.07) is 0. The summed E-state index contributed by atoms with van der Waals surface area (Å²) in [6.07, 6.45) is 8.18. The minimum atomic E-state index is -1.02. The molecule has 0 heterocycles. The van der Waals surface area contributed by atoms with Crippen molar-refractivity contribution in [3.05, 3.63) is 11.6 Å². The monoisotopic (exact) mass is 238 g/mol. The summed E-state index contributed by atoms with van der Waals surface area (Å²) >= 11 is 0. The Morgan fingerprint density at radius 2 is 2.24 bits per heavy atom. The smallest absolute Gasteiger partial charge is 0.106 e. The van der Waals surface area contributed by atoms with E-state index in [1.54, 1.807) is 6.92 Å². The molecule has 4 atom stereocenters. The van der Waals surface area contributed by atoms with Crippen molar-refractivity contribution in [3.8, 4) is 0 Å². The second-order valence-electron chi connectivity index (χ2n) is 6.70. The Morgan fingerprint density at radius 1 is 1.53 bits per heavy atom. The molecule has 0 aromatic heterocycles. The highest BCUT2D eigenvalue weighted by molar-refractivity contribution is 5.21. The van der Waals surface area contributed by atoms with Crippen LogP contribution in [0.2, 0.25) is 0 Å². The van der Waals surface area contributed by atoms with Gasteiger partial charge in [0.1, 0.15) is 5.60 Å². The van der Waals surface area contributed by atoms with Crippen molar-refractivity contribution in [1.82, 2.24) is 0 Å². The van der Waals surface area contributed by atoms with Crippen LogP contribution in [-0.4, -0.2) is 22.4 Å². The van der Waals surface area contributed by atoms with Crippen molar-refractivity contribution in [2.45, 2.75) is 58.5 Å². The molecule has 1 saturated carbocycles. The van der Waals surface area contributed by atoms with Crippen molar-refractivity contribution in [2.24, 2.45) is 17.3 Å². The van der Waals surface area contributed by atoms with Gasteiger partial charge in [0, 0.05) is 0 Å². The molecular weight excluding hydrogens is 212 g/mol. The quantitative estimate of drug-likeness (QED) is 0.726. The Hall–Kier alpha value is -0.340. The second-order valence-corrected chi connectivity index (χ2v) is 6.70. The summed E-state index contributed by atoms with van der Waals surface area (Å²) in [6.45, 7) is 6.30. The van der Waals surface area contributed by atoms with Gasteiger partial charge in [-0.05, 0) is 49.0 Å². The third-order valence-electron chi connectivity index (χ3n) is 5.24. The molecule has 2 N–H and O–H groups in total. The summed E-state index contributed by atoms with van der Waals surface area (Å²) in [4.78, 5) is 0. The van der Waals surface area contributed by atoms with Crippen LogP contribution in [0, 0.1) is 17.3 Å². The molecule has 0 amide bonds. The summed E-state index contributed by atoms with van der Waals surface area (Å²) in [5, 5.41) is 19.5. The third-order valence-corrected chi connectivity index (χ3v) is 5.24. The van der Waals surface area contributed by atoms with Gasteiger partial charge in [-0.3, -0.25) is 0 Å². The molecule has 0 saturated heterocycles. The zero-order chi connectivity index (χ0) is 12.7. The number of hydrogen-bond donors (Lipinski definition) is 2. The van der Waals surface area contributed by atoms with E-state index in [4.69, 9.17) is 0 Å². The molecule has 0 radical (unpaired) electrons. The van der Waals surface area contributed by atoms with Crippen molar-refractivity contribution >= 4 is 0 Å². The fourth-order valence-electron chi connectivity index (χ4n) is 3.82. The van der Waals surface area contributed by atoms with Crippen molar-refractivity contribution in [3.63, 3.8) is 0 Å². The van der Waals surface area contributed by atoms with Gasteiger partial charge in [-0.1, -0.05) is 32.8 Å². The Labute approximate surface area is 105 Å². The SMILES string of the molecule is CC1CCCC2(C)CC=C(C(C)(O)CO)CC12. The van der Waals surface area contributed by atoms with E-state index in [9.17, 15) is 10.2 Å². The maximum absolute atomic E-state index is 10.2. The number of allylic oxidation sites excluding steroid dienone is 1. The van der Waals surface area contributed by atoms with E-state index in [0.29, 0.717) is 11.3 Å². The average molecular weight is 238 g/mol. The van der Waals surface area contributed by atoms with E-state index in [2.05, 4.69) is 19.9 Å². The van der Waals surface area contributed by atoms with Crippen LogP contribution in [-0.2, 0) is 0 Å². The van der Waals surface area contributed by atoms with Crippen LogP contribution in [0.3, 0.4) is 0 Å². The first kappa shape index (κ1) is 13.1. The van der Waals surface area contributed by atoms with Gasteiger partial charge in [-0.15, -0.1) is 0 Å². The lowest BCUT2D eigenvalue weighted by molar-refractivity contribution is 0.00545. The van der Waals surface area contributed by atoms with E-state index in [0.717, 1.165) is 24.3 Å². The third kappa shape index (κ3) is 2.30. The molecule has 2 nitrogen and oxygen atoms in total. The van der Waals surface area contributed by atoms with E-state index in [-0.39, 0.29) is 6.61 Å². The average Bonchev–Trinajstić information content (AvgIpc) is 2.28. The maximum Gasteiger partial charge on any atom is 0.106 e. The van der Waals surface area contributed by atoms with Gasteiger partial charge < -0.3 is 10.2 Å². The summed E-state index contributed by atoms with van der Waals surface area (Å²) in [5.41, 5.74) is 0.460. The molecule has 17 heavy (non-hydrogen) atoms. The molecule has 4 unspecified atom stereocenters. The second kappa shape index (κ2) is 4.40. The molecule has 0 spiro atoms. The highest BCUT2D eigenvalue weighted by Gasteiger charge is 2.44. The number of aliphatic hydroxyl groups excluding tert-OH is 1. The lowest BCUT2D eigenvalue weighted by Crippen LogP contribution is -2.42. The van der Waals surface area contributed by atoms with Crippen LogP contribution in [0.4, 0.5) is 0 Å². The number of rotatable bonds is 2. The minimum absolute atomic E-state index is 0.170. The Morgan fingerprint density at radius 3 is 2.88 bits per heavy atom. The molecule has 0 aromatic carbocycles. The zero-order valence-electron chi connectivity index (χ0n) is 11.4. The Balaban J connectivity index is 2.22. The molecule has 98 valence electrons. The van der Waals surface area contributed by atoms with Crippen LogP contribution in [0.25, 0.3) is 0 Å². The summed E-state index contributed by atoms with van der Waals surface area (Å²) in [7, 11) is 0.